The van der Waals surface area contributed by atoms with Crippen LogP contribution in [-0.4, -0.2) is 47.1 Å². The molecule has 0 aliphatic carbocycles. The lowest BCUT2D eigenvalue weighted by molar-refractivity contribution is 0.251. The Morgan fingerprint density at radius 2 is 1.92 bits per heavy atom. The summed E-state index contributed by atoms with van der Waals surface area (Å²) in [7, 11) is 0. The quantitative estimate of drug-likeness (QED) is 0.835. The predicted molar refractivity (Wildman–Crippen MR) is 104 cm³/mol. The van der Waals surface area contributed by atoms with Gasteiger partial charge in [0.15, 0.2) is 0 Å². The largest absolute Gasteiger partial charge is 0.332 e. The van der Waals surface area contributed by atoms with E-state index >= 15 is 0 Å². The van der Waals surface area contributed by atoms with Gasteiger partial charge in [0.05, 0.1) is 12.2 Å². The monoisotopic (exact) mass is 356 g/mol. The van der Waals surface area contributed by atoms with Gasteiger partial charge in [0.25, 0.3) is 0 Å². The van der Waals surface area contributed by atoms with E-state index in [1.165, 1.54) is 30.2 Å². The molecule has 2 heterocycles. The second-order valence-corrected chi connectivity index (χ2v) is 7.25. The van der Waals surface area contributed by atoms with Crippen LogP contribution in [-0.2, 0) is 13.0 Å². The van der Waals surface area contributed by atoms with Gasteiger partial charge >= 0.3 is 6.03 Å². The average molecular weight is 356 g/mol. The molecule has 1 aromatic carbocycles. The number of amides is 2. The predicted octanol–water partition coefficient (Wildman–Crippen LogP) is 2.99. The second kappa shape index (κ2) is 9.44. The summed E-state index contributed by atoms with van der Waals surface area (Å²) >= 11 is 2.04. The molecule has 1 aliphatic heterocycles. The highest BCUT2D eigenvalue weighted by Gasteiger charge is 2.10. The first-order valence-electron chi connectivity index (χ1n) is 8.63. The van der Waals surface area contributed by atoms with Crippen molar-refractivity contribution >= 4 is 23.5 Å². The van der Waals surface area contributed by atoms with Gasteiger partial charge in [-0.1, -0.05) is 18.2 Å². The summed E-state index contributed by atoms with van der Waals surface area (Å²) in [5, 5.41) is 5.66. The standard InChI is InChI=1S/C19H24N4OS/c24-19(21-15-18-3-1-2-9-20-18)22-17-6-4-16(5-7-17)8-10-23-11-13-25-14-12-23/h1-7,9H,8,10-15H2,(H2,21,22,24). The van der Waals surface area contributed by atoms with Crippen molar-refractivity contribution in [1.82, 2.24) is 15.2 Å². The lowest BCUT2D eigenvalue weighted by atomic mass is 10.1. The van der Waals surface area contributed by atoms with Gasteiger partial charge in [-0.3, -0.25) is 4.98 Å². The number of benzene rings is 1. The number of pyridine rings is 1. The first-order valence-corrected chi connectivity index (χ1v) is 9.79. The van der Waals surface area contributed by atoms with Gasteiger partial charge in [-0.15, -0.1) is 0 Å². The molecule has 2 amide bonds. The fraction of sp³-hybridized carbons (Fsp3) is 0.368. The number of thioether (sulfide) groups is 1. The van der Waals surface area contributed by atoms with Crippen LogP contribution in [0.4, 0.5) is 10.5 Å². The van der Waals surface area contributed by atoms with Crippen molar-refractivity contribution in [2.24, 2.45) is 0 Å². The number of hydrogen-bond donors (Lipinski definition) is 2. The fourth-order valence-electron chi connectivity index (χ4n) is 2.72. The van der Waals surface area contributed by atoms with E-state index in [1.807, 2.05) is 42.1 Å². The molecule has 1 aromatic heterocycles. The summed E-state index contributed by atoms with van der Waals surface area (Å²) in [6.07, 6.45) is 2.77. The Bertz CT molecular complexity index is 657. The fourth-order valence-corrected chi connectivity index (χ4v) is 3.69. The van der Waals surface area contributed by atoms with Gasteiger partial charge in [-0.25, -0.2) is 4.79 Å². The van der Waals surface area contributed by atoms with E-state index in [9.17, 15) is 4.79 Å². The molecule has 0 bridgehead atoms. The van der Waals surface area contributed by atoms with E-state index in [0.717, 1.165) is 24.3 Å². The van der Waals surface area contributed by atoms with E-state index in [1.54, 1.807) is 6.20 Å². The zero-order valence-corrected chi connectivity index (χ0v) is 15.1. The van der Waals surface area contributed by atoms with E-state index in [2.05, 4.69) is 32.7 Å². The second-order valence-electron chi connectivity index (χ2n) is 6.03. The maximum absolute atomic E-state index is 11.9. The molecule has 1 fully saturated rings. The molecule has 3 rings (SSSR count). The highest BCUT2D eigenvalue weighted by molar-refractivity contribution is 7.99. The smallest absolute Gasteiger partial charge is 0.319 e. The minimum atomic E-state index is -0.218. The number of hydrogen-bond acceptors (Lipinski definition) is 4. The minimum Gasteiger partial charge on any atom is -0.332 e. The first kappa shape index (κ1) is 17.8. The van der Waals surface area contributed by atoms with Crippen LogP contribution in [0.3, 0.4) is 0 Å². The maximum Gasteiger partial charge on any atom is 0.319 e. The van der Waals surface area contributed by atoms with Gasteiger partial charge in [0.2, 0.25) is 0 Å². The zero-order chi connectivity index (χ0) is 17.3. The van der Waals surface area contributed by atoms with Crippen molar-refractivity contribution in [3.63, 3.8) is 0 Å². The van der Waals surface area contributed by atoms with Crippen molar-refractivity contribution in [2.45, 2.75) is 13.0 Å². The Kier molecular flexibility index (Phi) is 6.71. The highest BCUT2D eigenvalue weighted by Crippen LogP contribution is 2.13. The molecule has 0 radical (unpaired) electrons. The number of aromatic nitrogens is 1. The Balaban J connectivity index is 1.41. The number of carbonyl (C=O) groups is 1. The highest BCUT2D eigenvalue weighted by atomic mass is 32.2. The molecule has 0 spiro atoms. The summed E-state index contributed by atoms with van der Waals surface area (Å²) in [5.41, 5.74) is 2.94. The Morgan fingerprint density at radius 1 is 1.12 bits per heavy atom. The molecule has 0 unspecified atom stereocenters. The number of nitrogens with one attached hydrogen (secondary N) is 2. The summed E-state index contributed by atoms with van der Waals surface area (Å²) in [6.45, 7) is 3.91. The Labute approximate surface area is 153 Å². The third kappa shape index (κ3) is 6.07. The molecule has 2 aromatic rings. The van der Waals surface area contributed by atoms with Crippen LogP contribution >= 0.6 is 11.8 Å². The third-order valence-corrected chi connectivity index (χ3v) is 5.13. The number of carbonyl (C=O) groups excluding carboxylic acids is 1. The van der Waals surface area contributed by atoms with Crippen molar-refractivity contribution in [2.75, 3.05) is 36.5 Å². The van der Waals surface area contributed by atoms with Gasteiger partial charge in [0.1, 0.15) is 0 Å². The molecule has 5 nitrogen and oxygen atoms in total. The van der Waals surface area contributed by atoms with Gasteiger partial charge < -0.3 is 15.5 Å². The number of nitrogens with zero attached hydrogens (tertiary/aromatic N) is 2. The molecule has 132 valence electrons. The number of rotatable bonds is 6. The Morgan fingerprint density at radius 3 is 2.64 bits per heavy atom. The SMILES string of the molecule is O=C(NCc1ccccn1)Nc1ccc(CCN2CCSCC2)cc1. The van der Waals surface area contributed by atoms with Crippen molar-refractivity contribution < 1.29 is 4.79 Å². The van der Waals surface area contributed by atoms with Gasteiger partial charge in [0, 0.05) is 43.0 Å². The zero-order valence-electron chi connectivity index (χ0n) is 14.3. The topological polar surface area (TPSA) is 57.3 Å². The van der Waals surface area contributed by atoms with E-state index in [-0.39, 0.29) is 6.03 Å². The lowest BCUT2D eigenvalue weighted by Crippen LogP contribution is -2.34. The summed E-state index contributed by atoms with van der Waals surface area (Å²) in [6, 6.07) is 13.5. The van der Waals surface area contributed by atoms with Crippen LogP contribution < -0.4 is 10.6 Å². The third-order valence-electron chi connectivity index (χ3n) is 4.19. The van der Waals surface area contributed by atoms with Crippen molar-refractivity contribution in [1.29, 1.82) is 0 Å². The normalized spacial score (nSPS) is 14.9. The van der Waals surface area contributed by atoms with Crippen molar-refractivity contribution in [3.8, 4) is 0 Å². The lowest BCUT2D eigenvalue weighted by Gasteiger charge is -2.26. The van der Waals surface area contributed by atoms with Gasteiger partial charge in [-0.2, -0.15) is 11.8 Å². The molecular formula is C19H24N4OS. The van der Waals surface area contributed by atoms with Gasteiger partial charge in [-0.05, 0) is 36.2 Å². The molecule has 1 saturated heterocycles. The first-order chi connectivity index (χ1) is 12.3. The number of anilines is 1. The van der Waals surface area contributed by atoms with Crippen LogP contribution in [0.2, 0.25) is 0 Å². The van der Waals surface area contributed by atoms with Crippen LogP contribution in [0, 0.1) is 0 Å². The maximum atomic E-state index is 11.9. The van der Waals surface area contributed by atoms with Crippen molar-refractivity contribution in [3.05, 3.63) is 59.9 Å². The van der Waals surface area contributed by atoms with Crippen LogP contribution in [0.5, 0.6) is 0 Å². The van der Waals surface area contributed by atoms with E-state index in [0.29, 0.717) is 6.54 Å². The molecule has 1 aliphatic rings. The molecular weight excluding hydrogens is 332 g/mol. The molecule has 2 N–H and O–H groups in total. The van der Waals surface area contributed by atoms with Crippen LogP contribution in [0.25, 0.3) is 0 Å². The molecule has 0 saturated carbocycles. The van der Waals surface area contributed by atoms with E-state index in [4.69, 9.17) is 0 Å². The Hall–Kier alpha value is -2.05. The number of urea groups is 1. The summed E-state index contributed by atoms with van der Waals surface area (Å²) in [4.78, 5) is 18.6. The summed E-state index contributed by atoms with van der Waals surface area (Å²) in [5.74, 6) is 2.49. The molecule has 0 atom stereocenters. The van der Waals surface area contributed by atoms with Crippen LogP contribution in [0.15, 0.2) is 48.7 Å². The molecule has 25 heavy (non-hydrogen) atoms. The summed E-state index contributed by atoms with van der Waals surface area (Å²) < 4.78 is 0. The minimum absolute atomic E-state index is 0.218. The van der Waals surface area contributed by atoms with E-state index < -0.39 is 0 Å². The average Bonchev–Trinajstić information content (AvgIpc) is 2.67. The molecule has 6 heteroatoms. The van der Waals surface area contributed by atoms with Crippen LogP contribution in [0.1, 0.15) is 11.3 Å².